The topological polar surface area (TPSA) is 98.8 Å². The normalized spacial score (nSPS) is 21.0. The monoisotopic (exact) mass is 595 g/mol. The summed E-state index contributed by atoms with van der Waals surface area (Å²) < 4.78 is 28.4. The Morgan fingerprint density at radius 1 is 0.977 bits per heavy atom. The van der Waals surface area contributed by atoms with Gasteiger partial charge < -0.3 is 38.8 Å². The number of hydrogen-bond acceptors (Lipinski definition) is 8. The number of methoxy groups -OCH3 is 2. The third-order valence-electron chi connectivity index (χ3n) is 8.44. The van der Waals surface area contributed by atoms with Gasteiger partial charge in [0.2, 0.25) is 6.10 Å². The van der Waals surface area contributed by atoms with Crippen LogP contribution in [0.5, 0.6) is 23.0 Å². The van der Waals surface area contributed by atoms with E-state index in [9.17, 15) is 9.59 Å². The van der Waals surface area contributed by atoms with E-state index in [1.165, 1.54) is 0 Å². The molecule has 1 N–H and O–H groups in total. The Bertz CT molecular complexity index is 1250. The Kier molecular flexibility index (Phi) is 10.3. The van der Waals surface area contributed by atoms with Crippen molar-refractivity contribution in [3.8, 4) is 23.0 Å². The van der Waals surface area contributed by atoms with Crippen molar-refractivity contribution < 1.29 is 33.3 Å². The standard InChI is InChI=1S/C33H45N3O7/c1-22(2)35(32(37)23-10-13-27(40-4)30(16-23)41-15-7-14-39-3)19-24-17-34-18-25(24)20-36(26-11-12-26)33(38)31-21-42-28-8-5-6-9-29(28)43-31/h5-6,8-10,13,16,22,24-26,31,34H,7,11-12,14-15,17-21H2,1-4H3/t24-,25-,31?/m0/s1. The van der Waals surface area contributed by atoms with Gasteiger partial charge in [-0.05, 0) is 68.9 Å². The van der Waals surface area contributed by atoms with E-state index in [-0.39, 0.29) is 42.3 Å². The van der Waals surface area contributed by atoms with Gasteiger partial charge in [0, 0.05) is 64.0 Å². The highest BCUT2D eigenvalue weighted by molar-refractivity contribution is 5.95. The molecular formula is C33H45N3O7. The zero-order valence-electron chi connectivity index (χ0n) is 25.8. The Hall–Kier alpha value is -3.50. The molecule has 234 valence electrons. The number of nitrogens with zero attached hydrogens (tertiary/aromatic N) is 2. The highest BCUT2D eigenvalue weighted by Crippen LogP contribution is 2.35. The largest absolute Gasteiger partial charge is 0.493 e. The fourth-order valence-electron chi connectivity index (χ4n) is 5.85. The molecule has 0 bridgehead atoms. The molecule has 0 spiro atoms. The zero-order valence-corrected chi connectivity index (χ0v) is 25.8. The van der Waals surface area contributed by atoms with Crippen LogP contribution < -0.4 is 24.3 Å². The van der Waals surface area contributed by atoms with Gasteiger partial charge in [-0.2, -0.15) is 0 Å². The van der Waals surface area contributed by atoms with Gasteiger partial charge in [0.1, 0.15) is 6.61 Å². The number of benzene rings is 2. The number of hydrogen-bond donors (Lipinski definition) is 1. The van der Waals surface area contributed by atoms with Gasteiger partial charge in [-0.3, -0.25) is 9.59 Å². The number of rotatable bonds is 14. The number of fused-ring (bicyclic) bond motifs is 1. The molecule has 2 amide bonds. The first kappa shape index (κ1) is 30.9. The molecule has 2 aliphatic heterocycles. The SMILES string of the molecule is COCCCOc1cc(C(=O)N(C[C@@H]2CNC[C@H]2CN(C(=O)C2COc3ccccc3O2)C2CC2)C(C)C)ccc1OC. The van der Waals surface area contributed by atoms with Crippen LogP contribution in [-0.4, -0.2) is 100 Å². The molecule has 2 aromatic carbocycles. The Labute approximate surface area is 254 Å². The molecule has 10 nitrogen and oxygen atoms in total. The van der Waals surface area contributed by atoms with Crippen LogP contribution in [0.15, 0.2) is 42.5 Å². The van der Waals surface area contributed by atoms with Crippen molar-refractivity contribution in [3.05, 3.63) is 48.0 Å². The first-order valence-corrected chi connectivity index (χ1v) is 15.4. The molecule has 5 rings (SSSR count). The lowest BCUT2D eigenvalue weighted by Crippen LogP contribution is -2.50. The Balaban J connectivity index is 1.25. The van der Waals surface area contributed by atoms with E-state index in [1.807, 2.05) is 47.9 Å². The van der Waals surface area contributed by atoms with Crippen LogP contribution in [-0.2, 0) is 9.53 Å². The lowest BCUT2D eigenvalue weighted by atomic mass is 9.93. The van der Waals surface area contributed by atoms with Crippen molar-refractivity contribution in [2.24, 2.45) is 11.8 Å². The van der Waals surface area contributed by atoms with Crippen molar-refractivity contribution in [2.45, 2.75) is 51.3 Å². The summed E-state index contributed by atoms with van der Waals surface area (Å²) >= 11 is 0. The highest BCUT2D eigenvalue weighted by atomic mass is 16.6. The molecule has 1 saturated heterocycles. The predicted octanol–water partition coefficient (Wildman–Crippen LogP) is 3.63. The fraction of sp³-hybridized carbons (Fsp3) is 0.576. The van der Waals surface area contributed by atoms with Gasteiger partial charge in [0.25, 0.3) is 11.8 Å². The molecule has 2 fully saturated rings. The molecule has 0 aromatic heterocycles. The summed E-state index contributed by atoms with van der Waals surface area (Å²) in [5.41, 5.74) is 0.559. The maximum atomic E-state index is 13.9. The average molecular weight is 596 g/mol. The van der Waals surface area contributed by atoms with Crippen LogP contribution in [0.25, 0.3) is 0 Å². The Morgan fingerprint density at radius 2 is 1.72 bits per heavy atom. The summed E-state index contributed by atoms with van der Waals surface area (Å²) in [5, 5.41) is 3.52. The smallest absolute Gasteiger partial charge is 0.267 e. The van der Waals surface area contributed by atoms with E-state index in [2.05, 4.69) is 5.32 Å². The third kappa shape index (κ3) is 7.54. The van der Waals surface area contributed by atoms with Crippen molar-refractivity contribution in [3.63, 3.8) is 0 Å². The van der Waals surface area contributed by atoms with Gasteiger partial charge in [-0.1, -0.05) is 12.1 Å². The summed E-state index contributed by atoms with van der Waals surface area (Å²) in [5.74, 6) is 2.76. The van der Waals surface area contributed by atoms with Crippen molar-refractivity contribution >= 4 is 11.8 Å². The van der Waals surface area contributed by atoms with Crippen LogP contribution in [0.3, 0.4) is 0 Å². The summed E-state index contributed by atoms with van der Waals surface area (Å²) in [6, 6.07) is 13.0. The van der Waals surface area contributed by atoms with E-state index >= 15 is 0 Å². The van der Waals surface area contributed by atoms with E-state index in [1.54, 1.807) is 32.4 Å². The maximum Gasteiger partial charge on any atom is 0.267 e. The third-order valence-corrected chi connectivity index (χ3v) is 8.44. The van der Waals surface area contributed by atoms with E-state index in [0.29, 0.717) is 54.9 Å². The van der Waals surface area contributed by atoms with Crippen molar-refractivity contribution in [1.82, 2.24) is 15.1 Å². The van der Waals surface area contributed by atoms with Gasteiger partial charge in [-0.15, -0.1) is 0 Å². The molecule has 3 atom stereocenters. The molecule has 1 saturated carbocycles. The summed E-state index contributed by atoms with van der Waals surface area (Å²) in [6.07, 6.45) is 2.09. The quantitative estimate of drug-likeness (QED) is 0.331. The molecule has 1 aliphatic carbocycles. The molecule has 0 radical (unpaired) electrons. The molecule has 1 unspecified atom stereocenters. The first-order chi connectivity index (χ1) is 20.9. The second-order valence-corrected chi connectivity index (χ2v) is 11.9. The van der Waals surface area contributed by atoms with Crippen LogP contribution >= 0.6 is 0 Å². The molecule has 2 heterocycles. The lowest BCUT2D eigenvalue weighted by molar-refractivity contribution is -0.142. The number of nitrogens with one attached hydrogen (secondary N) is 1. The lowest BCUT2D eigenvalue weighted by Gasteiger charge is -2.35. The van der Waals surface area contributed by atoms with E-state index in [4.69, 9.17) is 23.7 Å². The zero-order chi connectivity index (χ0) is 30.3. The van der Waals surface area contributed by atoms with Crippen LogP contribution in [0, 0.1) is 11.8 Å². The Morgan fingerprint density at radius 3 is 2.42 bits per heavy atom. The second kappa shape index (κ2) is 14.3. The predicted molar refractivity (Wildman–Crippen MR) is 162 cm³/mol. The first-order valence-electron chi connectivity index (χ1n) is 15.4. The molecular weight excluding hydrogens is 550 g/mol. The van der Waals surface area contributed by atoms with Gasteiger partial charge in [0.15, 0.2) is 23.0 Å². The summed E-state index contributed by atoms with van der Waals surface area (Å²) in [4.78, 5) is 31.5. The van der Waals surface area contributed by atoms with E-state index < -0.39 is 6.10 Å². The minimum absolute atomic E-state index is 0.00375. The molecule has 2 aromatic rings. The minimum atomic E-state index is -0.655. The number of para-hydroxylation sites is 2. The minimum Gasteiger partial charge on any atom is -0.493 e. The van der Waals surface area contributed by atoms with Gasteiger partial charge in [0.05, 0.1) is 13.7 Å². The van der Waals surface area contributed by atoms with Crippen molar-refractivity contribution in [1.29, 1.82) is 0 Å². The van der Waals surface area contributed by atoms with Crippen LogP contribution in [0.2, 0.25) is 0 Å². The summed E-state index contributed by atoms with van der Waals surface area (Å²) in [6.45, 7) is 8.16. The molecule has 3 aliphatic rings. The number of carbonyl (C=O) groups is 2. The van der Waals surface area contributed by atoms with Crippen molar-refractivity contribution in [2.75, 3.05) is 60.2 Å². The number of ether oxygens (including phenoxy) is 5. The van der Waals surface area contributed by atoms with Crippen LogP contribution in [0.4, 0.5) is 0 Å². The maximum absolute atomic E-state index is 13.9. The highest BCUT2D eigenvalue weighted by Gasteiger charge is 2.42. The fourth-order valence-corrected chi connectivity index (χ4v) is 5.85. The number of amides is 2. The molecule has 10 heteroatoms. The number of carbonyl (C=O) groups excluding carboxylic acids is 2. The molecule has 43 heavy (non-hydrogen) atoms. The average Bonchev–Trinajstić information content (AvgIpc) is 3.78. The summed E-state index contributed by atoms with van der Waals surface area (Å²) in [7, 11) is 3.25. The second-order valence-electron chi connectivity index (χ2n) is 11.9. The van der Waals surface area contributed by atoms with Gasteiger partial charge in [-0.25, -0.2) is 0 Å². The van der Waals surface area contributed by atoms with E-state index in [0.717, 1.165) is 32.4 Å². The van der Waals surface area contributed by atoms with Crippen LogP contribution in [0.1, 0.15) is 43.5 Å². The van der Waals surface area contributed by atoms with Gasteiger partial charge >= 0.3 is 0 Å².